The van der Waals surface area contributed by atoms with E-state index in [0.29, 0.717) is 26.2 Å². The van der Waals surface area contributed by atoms with Crippen LogP contribution >= 0.6 is 0 Å². The molecule has 2 heterocycles. The zero-order valence-electron chi connectivity index (χ0n) is 12.1. The lowest BCUT2D eigenvalue weighted by Crippen LogP contribution is -2.48. The van der Waals surface area contributed by atoms with Crippen LogP contribution in [0.1, 0.15) is 12.8 Å². The first kappa shape index (κ1) is 16.1. The molecule has 0 radical (unpaired) electrons. The fourth-order valence-electron chi connectivity index (χ4n) is 2.90. The third kappa shape index (κ3) is 3.15. The molecule has 118 valence electrons. The van der Waals surface area contributed by atoms with Gasteiger partial charge in [0.05, 0.1) is 12.2 Å². The highest BCUT2D eigenvalue weighted by atomic mass is 32.2. The van der Waals surface area contributed by atoms with Gasteiger partial charge in [0.25, 0.3) is 10.2 Å². The minimum absolute atomic E-state index is 0.0351. The summed E-state index contributed by atoms with van der Waals surface area (Å²) in [6, 6.07) is 0. The second kappa shape index (κ2) is 6.67. The van der Waals surface area contributed by atoms with Crippen molar-refractivity contribution in [3.63, 3.8) is 0 Å². The van der Waals surface area contributed by atoms with Crippen molar-refractivity contribution in [2.75, 3.05) is 47.0 Å². The number of aliphatic hydroxyl groups is 1. The average molecular weight is 308 g/mol. The van der Waals surface area contributed by atoms with E-state index in [1.807, 2.05) is 0 Å². The first-order chi connectivity index (χ1) is 9.52. The van der Waals surface area contributed by atoms with Crippen molar-refractivity contribution in [3.05, 3.63) is 0 Å². The zero-order valence-corrected chi connectivity index (χ0v) is 12.9. The van der Waals surface area contributed by atoms with E-state index in [0.717, 1.165) is 12.8 Å². The van der Waals surface area contributed by atoms with Gasteiger partial charge in [-0.25, -0.2) is 0 Å². The van der Waals surface area contributed by atoms with E-state index < -0.39 is 10.2 Å². The van der Waals surface area contributed by atoms with Crippen LogP contribution < -0.4 is 0 Å². The Hall–Kier alpha value is -0.250. The predicted octanol–water partition coefficient (Wildman–Crippen LogP) is -0.719. The largest absolute Gasteiger partial charge is 0.396 e. The number of methoxy groups -OCH3 is 2. The van der Waals surface area contributed by atoms with Crippen molar-refractivity contribution in [2.24, 2.45) is 5.92 Å². The Morgan fingerprint density at radius 2 is 1.70 bits per heavy atom. The Morgan fingerprint density at radius 3 is 2.20 bits per heavy atom. The minimum atomic E-state index is -3.50. The van der Waals surface area contributed by atoms with Gasteiger partial charge in [-0.1, -0.05) is 0 Å². The van der Waals surface area contributed by atoms with E-state index in [1.165, 1.54) is 8.61 Å². The highest BCUT2D eigenvalue weighted by molar-refractivity contribution is 7.86. The summed E-state index contributed by atoms with van der Waals surface area (Å²) in [7, 11) is -0.365. The third-order valence-corrected chi connectivity index (χ3v) is 6.11. The molecule has 0 amide bonds. The number of aliphatic hydroxyl groups excluding tert-OH is 1. The molecule has 0 aromatic rings. The summed E-state index contributed by atoms with van der Waals surface area (Å²) in [6.07, 6.45) is 1.21. The summed E-state index contributed by atoms with van der Waals surface area (Å²) < 4.78 is 38.7. The van der Waals surface area contributed by atoms with Crippen LogP contribution in [0.25, 0.3) is 0 Å². The Labute approximate surface area is 120 Å². The van der Waals surface area contributed by atoms with Crippen LogP contribution in [0.5, 0.6) is 0 Å². The highest BCUT2D eigenvalue weighted by Crippen LogP contribution is 2.25. The van der Waals surface area contributed by atoms with E-state index in [1.54, 1.807) is 14.2 Å². The van der Waals surface area contributed by atoms with Crippen LogP contribution in [0, 0.1) is 5.92 Å². The normalized spacial score (nSPS) is 33.6. The van der Waals surface area contributed by atoms with E-state index >= 15 is 0 Å². The van der Waals surface area contributed by atoms with Gasteiger partial charge in [0.2, 0.25) is 0 Å². The van der Waals surface area contributed by atoms with Crippen LogP contribution in [-0.2, 0) is 19.7 Å². The summed E-state index contributed by atoms with van der Waals surface area (Å²) in [5.74, 6) is 0.0394. The molecule has 0 saturated carbocycles. The number of piperidine rings is 1. The van der Waals surface area contributed by atoms with Crippen LogP contribution in [0.3, 0.4) is 0 Å². The van der Waals surface area contributed by atoms with Crippen molar-refractivity contribution in [3.8, 4) is 0 Å². The molecule has 2 fully saturated rings. The van der Waals surface area contributed by atoms with Gasteiger partial charge in [-0.2, -0.15) is 17.0 Å². The minimum Gasteiger partial charge on any atom is -0.396 e. The maximum absolute atomic E-state index is 12.6. The zero-order chi connectivity index (χ0) is 14.8. The molecule has 0 aromatic carbocycles. The lowest BCUT2D eigenvalue weighted by atomic mass is 10.0. The van der Waals surface area contributed by atoms with Crippen molar-refractivity contribution in [1.29, 1.82) is 0 Å². The van der Waals surface area contributed by atoms with Gasteiger partial charge in [-0.05, 0) is 18.8 Å². The topological polar surface area (TPSA) is 79.3 Å². The molecule has 7 nitrogen and oxygen atoms in total. The molecule has 0 aromatic heterocycles. The fraction of sp³-hybridized carbons (Fsp3) is 1.00. The summed E-state index contributed by atoms with van der Waals surface area (Å²) in [4.78, 5) is 0. The second-order valence-corrected chi connectivity index (χ2v) is 7.35. The number of rotatable bonds is 5. The van der Waals surface area contributed by atoms with Gasteiger partial charge in [0.1, 0.15) is 0 Å². The summed E-state index contributed by atoms with van der Waals surface area (Å²) in [5, 5.41) is 9.23. The SMILES string of the molecule is COC1CN(S(=O)(=O)N2CCCC(CO)C2)CC1OC. The van der Waals surface area contributed by atoms with E-state index in [2.05, 4.69) is 0 Å². The standard InChI is InChI=1S/C12H24N2O5S/c1-18-11-7-14(8-12(11)19-2)20(16,17)13-5-3-4-10(6-13)9-15/h10-12,15H,3-9H2,1-2H3. The van der Waals surface area contributed by atoms with Gasteiger partial charge in [-0.3, -0.25) is 0 Å². The van der Waals surface area contributed by atoms with Gasteiger partial charge in [0.15, 0.2) is 0 Å². The van der Waals surface area contributed by atoms with Gasteiger partial charge in [-0.15, -0.1) is 0 Å². The van der Waals surface area contributed by atoms with Crippen molar-refractivity contribution >= 4 is 10.2 Å². The lowest BCUT2D eigenvalue weighted by Gasteiger charge is -2.33. The molecule has 3 atom stereocenters. The van der Waals surface area contributed by atoms with Crippen molar-refractivity contribution in [2.45, 2.75) is 25.0 Å². The molecule has 2 aliphatic heterocycles. The maximum atomic E-state index is 12.6. The summed E-state index contributed by atoms with van der Waals surface area (Å²) >= 11 is 0. The molecule has 1 N–H and O–H groups in total. The van der Waals surface area contributed by atoms with E-state index in [-0.39, 0.29) is 24.7 Å². The predicted molar refractivity (Wildman–Crippen MR) is 73.5 cm³/mol. The molecule has 3 unspecified atom stereocenters. The summed E-state index contributed by atoms with van der Waals surface area (Å²) in [6.45, 7) is 1.58. The monoisotopic (exact) mass is 308 g/mol. The molecule has 20 heavy (non-hydrogen) atoms. The quantitative estimate of drug-likeness (QED) is 0.725. The molecule has 0 spiro atoms. The van der Waals surface area contributed by atoms with Crippen molar-refractivity contribution in [1.82, 2.24) is 8.61 Å². The Balaban J connectivity index is 2.07. The Morgan fingerprint density at radius 1 is 1.10 bits per heavy atom. The van der Waals surface area contributed by atoms with Crippen LogP contribution in [-0.4, -0.2) is 81.3 Å². The van der Waals surface area contributed by atoms with Gasteiger partial charge >= 0.3 is 0 Å². The number of ether oxygens (including phenoxy) is 2. The molecule has 0 bridgehead atoms. The first-order valence-electron chi connectivity index (χ1n) is 6.94. The molecule has 2 aliphatic rings. The summed E-state index contributed by atoms with van der Waals surface area (Å²) in [5.41, 5.74) is 0. The molecule has 2 saturated heterocycles. The molecule has 2 rings (SSSR count). The van der Waals surface area contributed by atoms with Crippen LogP contribution in [0.2, 0.25) is 0 Å². The Bertz CT molecular complexity index is 404. The van der Waals surface area contributed by atoms with E-state index in [9.17, 15) is 13.5 Å². The third-order valence-electron chi connectivity index (χ3n) is 4.18. The lowest BCUT2D eigenvalue weighted by molar-refractivity contribution is -0.00461. The molecule has 8 heteroatoms. The van der Waals surface area contributed by atoms with Gasteiger partial charge in [0, 0.05) is 47.0 Å². The average Bonchev–Trinajstić information content (AvgIpc) is 2.91. The molecule has 0 aliphatic carbocycles. The van der Waals surface area contributed by atoms with Crippen molar-refractivity contribution < 1.29 is 23.0 Å². The smallest absolute Gasteiger partial charge is 0.282 e. The van der Waals surface area contributed by atoms with E-state index in [4.69, 9.17) is 9.47 Å². The highest BCUT2D eigenvalue weighted by Gasteiger charge is 2.42. The second-order valence-electron chi connectivity index (χ2n) is 5.42. The molecular weight excluding hydrogens is 284 g/mol. The first-order valence-corrected chi connectivity index (χ1v) is 8.34. The maximum Gasteiger partial charge on any atom is 0.282 e. The number of hydrogen-bond acceptors (Lipinski definition) is 5. The van der Waals surface area contributed by atoms with Crippen LogP contribution in [0.4, 0.5) is 0 Å². The van der Waals surface area contributed by atoms with Crippen LogP contribution in [0.15, 0.2) is 0 Å². The number of hydrogen-bond donors (Lipinski definition) is 1. The molecular formula is C12H24N2O5S. The Kier molecular flexibility index (Phi) is 5.38. The fourth-order valence-corrected chi connectivity index (χ4v) is 4.66. The van der Waals surface area contributed by atoms with Gasteiger partial charge < -0.3 is 14.6 Å². The number of nitrogens with zero attached hydrogens (tertiary/aromatic N) is 2.